The van der Waals surface area contributed by atoms with Gasteiger partial charge in [-0.1, -0.05) is 6.07 Å². The van der Waals surface area contributed by atoms with Crippen molar-refractivity contribution in [1.29, 1.82) is 0 Å². The Balaban J connectivity index is 2.30. The van der Waals surface area contributed by atoms with E-state index in [1.54, 1.807) is 45.7 Å². The van der Waals surface area contributed by atoms with Crippen LogP contribution < -0.4 is 9.47 Å². The highest BCUT2D eigenvalue weighted by atomic mass is 16.5. The number of aryl methyl sites for hydroxylation is 1. The molecule has 0 radical (unpaired) electrons. The molecule has 1 aromatic carbocycles. The van der Waals surface area contributed by atoms with Crippen LogP contribution in [0.25, 0.3) is 22.2 Å². The molecule has 3 rings (SSSR count). The summed E-state index contributed by atoms with van der Waals surface area (Å²) in [6.45, 7) is 0. The van der Waals surface area contributed by atoms with Crippen molar-refractivity contribution >= 4 is 17.0 Å². The second-order valence-electron chi connectivity index (χ2n) is 4.90. The zero-order chi connectivity index (χ0) is 16.6. The van der Waals surface area contributed by atoms with Crippen LogP contribution in [-0.4, -0.2) is 40.1 Å². The second-order valence-corrected chi connectivity index (χ2v) is 4.90. The van der Waals surface area contributed by atoms with E-state index in [-0.39, 0.29) is 5.69 Å². The number of carboxylic acid groups (broad SMARTS) is 1. The first-order valence-corrected chi connectivity index (χ1v) is 6.84. The van der Waals surface area contributed by atoms with E-state index in [0.29, 0.717) is 22.5 Å². The molecule has 7 heteroatoms. The van der Waals surface area contributed by atoms with Gasteiger partial charge in [-0.2, -0.15) is 5.10 Å². The maximum atomic E-state index is 11.5. The van der Waals surface area contributed by atoms with Gasteiger partial charge in [0.2, 0.25) is 0 Å². The molecule has 0 aliphatic carbocycles. The third kappa shape index (κ3) is 2.36. The summed E-state index contributed by atoms with van der Waals surface area (Å²) >= 11 is 0. The molecule has 0 aliphatic heterocycles. The van der Waals surface area contributed by atoms with E-state index < -0.39 is 5.97 Å². The van der Waals surface area contributed by atoms with Gasteiger partial charge < -0.3 is 14.6 Å². The standard InChI is InChI=1S/C16H15N3O4/c1-19-15-13(14(18-19)16(20)21)10(6-7-17-15)9-4-5-11(22-2)12(8-9)23-3/h4-8H,1-3H3,(H,20,21). The molecular weight excluding hydrogens is 298 g/mol. The van der Waals surface area contributed by atoms with Gasteiger partial charge in [-0.25, -0.2) is 14.5 Å². The lowest BCUT2D eigenvalue weighted by molar-refractivity contribution is 0.0691. The number of hydrogen-bond donors (Lipinski definition) is 1. The van der Waals surface area contributed by atoms with Crippen molar-refractivity contribution in [2.24, 2.45) is 7.05 Å². The Morgan fingerprint density at radius 3 is 2.57 bits per heavy atom. The molecule has 0 fully saturated rings. The first-order chi connectivity index (χ1) is 11.1. The molecule has 23 heavy (non-hydrogen) atoms. The van der Waals surface area contributed by atoms with Gasteiger partial charge in [-0.3, -0.25) is 0 Å². The van der Waals surface area contributed by atoms with Gasteiger partial charge in [0.15, 0.2) is 22.8 Å². The van der Waals surface area contributed by atoms with Gasteiger partial charge in [0, 0.05) is 13.2 Å². The fraction of sp³-hybridized carbons (Fsp3) is 0.188. The minimum atomic E-state index is -1.09. The summed E-state index contributed by atoms with van der Waals surface area (Å²) in [6, 6.07) is 7.18. The van der Waals surface area contributed by atoms with Crippen molar-refractivity contribution in [2.75, 3.05) is 14.2 Å². The molecule has 0 amide bonds. The second kappa shape index (κ2) is 5.60. The Hall–Kier alpha value is -3.09. The fourth-order valence-corrected chi connectivity index (χ4v) is 2.57. The summed E-state index contributed by atoms with van der Waals surface area (Å²) < 4.78 is 12.0. The highest BCUT2D eigenvalue weighted by molar-refractivity contribution is 6.07. The molecule has 118 valence electrons. The molecule has 1 N–H and O–H groups in total. The highest BCUT2D eigenvalue weighted by Gasteiger charge is 2.20. The average Bonchev–Trinajstić information content (AvgIpc) is 2.91. The number of pyridine rings is 1. The first kappa shape index (κ1) is 14.8. The molecule has 7 nitrogen and oxygen atoms in total. The summed E-state index contributed by atoms with van der Waals surface area (Å²) in [7, 11) is 4.78. The highest BCUT2D eigenvalue weighted by Crippen LogP contribution is 2.35. The number of carbonyl (C=O) groups is 1. The van der Waals surface area contributed by atoms with Crippen molar-refractivity contribution in [2.45, 2.75) is 0 Å². The zero-order valence-electron chi connectivity index (χ0n) is 12.9. The third-order valence-corrected chi connectivity index (χ3v) is 3.62. The molecule has 2 heterocycles. The van der Waals surface area contributed by atoms with Crippen LogP contribution in [0.15, 0.2) is 30.5 Å². The lowest BCUT2D eigenvalue weighted by atomic mass is 10.0. The molecule has 0 aliphatic rings. The molecule has 0 saturated carbocycles. The number of ether oxygens (including phenoxy) is 2. The Morgan fingerprint density at radius 2 is 1.91 bits per heavy atom. The maximum absolute atomic E-state index is 11.5. The number of hydrogen-bond acceptors (Lipinski definition) is 5. The van der Waals surface area contributed by atoms with Gasteiger partial charge in [0.1, 0.15) is 0 Å². The molecule has 0 saturated heterocycles. The van der Waals surface area contributed by atoms with Gasteiger partial charge in [0.05, 0.1) is 19.6 Å². The maximum Gasteiger partial charge on any atom is 0.357 e. The molecule has 2 aromatic heterocycles. The van der Waals surface area contributed by atoms with Gasteiger partial charge in [0.25, 0.3) is 0 Å². The number of rotatable bonds is 4. The van der Waals surface area contributed by atoms with Gasteiger partial charge in [-0.15, -0.1) is 0 Å². The van der Waals surface area contributed by atoms with E-state index in [0.717, 1.165) is 11.1 Å². The lowest BCUT2D eigenvalue weighted by Gasteiger charge is -2.10. The van der Waals surface area contributed by atoms with Crippen molar-refractivity contribution in [3.63, 3.8) is 0 Å². The SMILES string of the molecule is COc1ccc(-c2ccnc3c2c(C(=O)O)nn3C)cc1OC. The van der Waals surface area contributed by atoms with Crippen molar-refractivity contribution in [3.8, 4) is 22.6 Å². The summed E-state index contributed by atoms with van der Waals surface area (Å²) in [6.07, 6.45) is 1.63. The Labute approximate surface area is 132 Å². The minimum Gasteiger partial charge on any atom is -0.493 e. The summed E-state index contributed by atoms with van der Waals surface area (Å²) in [5, 5.41) is 13.9. The quantitative estimate of drug-likeness (QED) is 0.795. The van der Waals surface area contributed by atoms with Crippen molar-refractivity contribution in [3.05, 3.63) is 36.2 Å². The number of benzene rings is 1. The first-order valence-electron chi connectivity index (χ1n) is 6.84. The van der Waals surface area contributed by atoms with Crippen LogP contribution in [0.1, 0.15) is 10.5 Å². The predicted octanol–water partition coefficient (Wildman–Crippen LogP) is 2.35. The van der Waals surface area contributed by atoms with E-state index in [2.05, 4.69) is 10.1 Å². The van der Waals surface area contributed by atoms with Crippen LogP contribution in [0, 0.1) is 0 Å². The number of carboxylic acids is 1. The third-order valence-electron chi connectivity index (χ3n) is 3.62. The molecule has 0 unspecified atom stereocenters. The molecule has 3 aromatic rings. The van der Waals surface area contributed by atoms with E-state index in [1.165, 1.54) is 4.68 Å². The van der Waals surface area contributed by atoms with E-state index in [9.17, 15) is 9.90 Å². The van der Waals surface area contributed by atoms with Crippen LogP contribution in [0.5, 0.6) is 11.5 Å². The summed E-state index contributed by atoms with van der Waals surface area (Å²) in [5.41, 5.74) is 2.00. The topological polar surface area (TPSA) is 86.5 Å². The number of methoxy groups -OCH3 is 2. The monoisotopic (exact) mass is 313 g/mol. The lowest BCUT2D eigenvalue weighted by Crippen LogP contribution is -1.99. The Kier molecular flexibility index (Phi) is 3.61. The van der Waals surface area contributed by atoms with Crippen LogP contribution in [-0.2, 0) is 7.05 Å². The Bertz CT molecular complexity index is 902. The largest absolute Gasteiger partial charge is 0.493 e. The summed E-state index contributed by atoms with van der Waals surface area (Å²) in [5.74, 6) is 0.0762. The van der Waals surface area contributed by atoms with Crippen LogP contribution in [0.4, 0.5) is 0 Å². The minimum absolute atomic E-state index is 0.0274. The molecular formula is C16H15N3O4. The molecule has 0 bridgehead atoms. The smallest absolute Gasteiger partial charge is 0.357 e. The van der Waals surface area contributed by atoms with Crippen LogP contribution in [0.3, 0.4) is 0 Å². The van der Waals surface area contributed by atoms with Gasteiger partial charge in [-0.05, 0) is 29.3 Å². The van der Waals surface area contributed by atoms with E-state index in [1.807, 2.05) is 6.07 Å². The molecule has 0 atom stereocenters. The predicted molar refractivity (Wildman–Crippen MR) is 84.0 cm³/mol. The number of fused-ring (bicyclic) bond motifs is 1. The van der Waals surface area contributed by atoms with Crippen LogP contribution >= 0.6 is 0 Å². The normalized spacial score (nSPS) is 10.7. The van der Waals surface area contributed by atoms with Crippen molar-refractivity contribution < 1.29 is 19.4 Å². The number of aromatic carboxylic acids is 1. The number of aromatic nitrogens is 3. The summed E-state index contributed by atoms with van der Waals surface area (Å²) in [4.78, 5) is 15.7. The fourth-order valence-electron chi connectivity index (χ4n) is 2.57. The van der Waals surface area contributed by atoms with Crippen LogP contribution in [0.2, 0.25) is 0 Å². The van der Waals surface area contributed by atoms with Gasteiger partial charge >= 0.3 is 5.97 Å². The average molecular weight is 313 g/mol. The van der Waals surface area contributed by atoms with Crippen molar-refractivity contribution in [1.82, 2.24) is 14.8 Å². The zero-order valence-corrected chi connectivity index (χ0v) is 12.9. The number of nitrogens with zero attached hydrogens (tertiary/aromatic N) is 3. The van der Waals surface area contributed by atoms with E-state index >= 15 is 0 Å². The van der Waals surface area contributed by atoms with E-state index in [4.69, 9.17) is 9.47 Å². The molecule has 0 spiro atoms. The Morgan fingerprint density at radius 1 is 1.17 bits per heavy atom.